The molecule has 0 atom stereocenters. The van der Waals surface area contributed by atoms with Gasteiger partial charge in [-0.25, -0.2) is 8.78 Å². The maximum Gasteiger partial charge on any atom is 0.111 e. The highest BCUT2D eigenvalue weighted by atomic mass is 19.1. The molecular weight excluding hydrogens is 352 g/mol. The molecule has 3 heteroatoms. The summed E-state index contributed by atoms with van der Waals surface area (Å²) in [5, 5.41) is 9.19. The Morgan fingerprint density at radius 3 is 1.96 bits per heavy atom. The van der Waals surface area contributed by atoms with Crippen molar-refractivity contribution < 1.29 is 8.78 Å². The van der Waals surface area contributed by atoms with Gasteiger partial charge in [0.2, 0.25) is 0 Å². The predicted octanol–water partition coefficient (Wildman–Crippen LogP) is 7.31. The van der Waals surface area contributed by atoms with E-state index in [1.807, 2.05) is 13.8 Å². The SMILES string of the molecule is Cc1cc(CCCC2(F)CCC(C3CCC(C)(F)CC3)CC2)cc(C)c1C#N. The molecule has 2 aliphatic carbocycles. The van der Waals surface area contributed by atoms with Gasteiger partial charge in [0, 0.05) is 0 Å². The van der Waals surface area contributed by atoms with Gasteiger partial charge in [0.05, 0.1) is 11.6 Å². The summed E-state index contributed by atoms with van der Waals surface area (Å²) in [6, 6.07) is 6.42. The number of halogens is 2. The average Bonchev–Trinajstić information content (AvgIpc) is 2.62. The van der Waals surface area contributed by atoms with Crippen LogP contribution in [0.5, 0.6) is 0 Å². The molecule has 0 radical (unpaired) electrons. The van der Waals surface area contributed by atoms with Gasteiger partial charge in [-0.1, -0.05) is 12.1 Å². The summed E-state index contributed by atoms with van der Waals surface area (Å²) in [4.78, 5) is 0. The highest BCUT2D eigenvalue weighted by Crippen LogP contribution is 2.46. The van der Waals surface area contributed by atoms with Crippen molar-refractivity contribution in [2.75, 3.05) is 0 Å². The molecule has 0 spiro atoms. The summed E-state index contributed by atoms with van der Waals surface area (Å²) in [5.41, 5.74) is 2.02. The largest absolute Gasteiger partial charge is 0.244 e. The molecule has 0 amide bonds. The number of hydrogen-bond acceptors (Lipinski definition) is 1. The third kappa shape index (κ3) is 5.13. The van der Waals surface area contributed by atoms with Gasteiger partial charge in [-0.05, 0) is 120 Å². The van der Waals surface area contributed by atoms with Gasteiger partial charge < -0.3 is 0 Å². The third-order valence-corrected chi connectivity index (χ3v) is 7.46. The van der Waals surface area contributed by atoms with Crippen molar-refractivity contribution in [3.63, 3.8) is 0 Å². The molecule has 28 heavy (non-hydrogen) atoms. The third-order valence-electron chi connectivity index (χ3n) is 7.46. The normalized spacial score (nSPS) is 33.4. The Morgan fingerprint density at radius 1 is 0.964 bits per heavy atom. The fraction of sp³-hybridized carbons (Fsp3) is 0.720. The van der Waals surface area contributed by atoms with Crippen LogP contribution in [-0.4, -0.2) is 11.3 Å². The zero-order chi connectivity index (χ0) is 20.4. The summed E-state index contributed by atoms with van der Waals surface area (Å²) in [7, 11) is 0. The Bertz CT molecular complexity index is 690. The van der Waals surface area contributed by atoms with Crippen LogP contribution >= 0.6 is 0 Å². The predicted molar refractivity (Wildman–Crippen MR) is 111 cm³/mol. The Labute approximate surface area is 169 Å². The number of rotatable bonds is 5. The first-order chi connectivity index (χ1) is 13.2. The summed E-state index contributed by atoms with van der Waals surface area (Å²) in [6.07, 6.45) is 8.97. The molecule has 2 aliphatic rings. The number of aryl methyl sites for hydroxylation is 3. The van der Waals surface area contributed by atoms with Gasteiger partial charge in [0.25, 0.3) is 0 Å². The molecular formula is C25H35F2N. The second kappa shape index (κ2) is 8.52. The van der Waals surface area contributed by atoms with E-state index >= 15 is 4.39 Å². The maximum atomic E-state index is 15.3. The van der Waals surface area contributed by atoms with E-state index in [1.165, 1.54) is 5.56 Å². The summed E-state index contributed by atoms with van der Waals surface area (Å²) in [5.74, 6) is 1.21. The molecule has 2 fully saturated rings. The average molecular weight is 388 g/mol. The molecule has 154 valence electrons. The lowest BCUT2D eigenvalue weighted by Crippen LogP contribution is -2.35. The quantitative estimate of drug-likeness (QED) is 0.519. The van der Waals surface area contributed by atoms with Gasteiger partial charge in [-0.3, -0.25) is 0 Å². The number of alkyl halides is 2. The zero-order valence-corrected chi connectivity index (χ0v) is 17.8. The van der Waals surface area contributed by atoms with Gasteiger partial charge >= 0.3 is 0 Å². The van der Waals surface area contributed by atoms with Gasteiger partial charge in [0.15, 0.2) is 0 Å². The van der Waals surface area contributed by atoms with Gasteiger partial charge in [-0.2, -0.15) is 5.26 Å². The van der Waals surface area contributed by atoms with E-state index in [1.54, 1.807) is 6.92 Å². The fourth-order valence-electron chi connectivity index (χ4n) is 5.58. The summed E-state index contributed by atoms with van der Waals surface area (Å²) < 4.78 is 29.3. The minimum Gasteiger partial charge on any atom is -0.244 e. The molecule has 0 heterocycles. The second-order valence-corrected chi connectivity index (χ2v) is 9.81. The van der Waals surface area contributed by atoms with E-state index in [0.717, 1.165) is 55.2 Å². The minimum atomic E-state index is -1.02. The molecule has 1 aromatic carbocycles. The van der Waals surface area contributed by atoms with Crippen molar-refractivity contribution in [1.29, 1.82) is 5.26 Å². The summed E-state index contributed by atoms with van der Waals surface area (Å²) in [6.45, 7) is 5.68. The lowest BCUT2D eigenvalue weighted by Gasteiger charge is -2.41. The molecule has 0 N–H and O–H groups in total. The highest BCUT2D eigenvalue weighted by Gasteiger charge is 2.40. The molecule has 1 aromatic rings. The molecule has 2 saturated carbocycles. The van der Waals surface area contributed by atoms with Crippen LogP contribution in [0.15, 0.2) is 12.1 Å². The van der Waals surface area contributed by atoms with Crippen LogP contribution in [0, 0.1) is 37.0 Å². The first-order valence-electron chi connectivity index (χ1n) is 11.1. The van der Waals surface area contributed by atoms with Crippen LogP contribution in [0.1, 0.15) is 93.4 Å². The van der Waals surface area contributed by atoms with Crippen molar-refractivity contribution in [3.05, 3.63) is 34.4 Å². The molecule has 0 aliphatic heterocycles. The lowest BCUT2D eigenvalue weighted by molar-refractivity contribution is 0.0294. The molecule has 0 bridgehead atoms. The van der Waals surface area contributed by atoms with Crippen molar-refractivity contribution >= 4 is 0 Å². The molecule has 0 aromatic heterocycles. The molecule has 0 unspecified atom stereocenters. The van der Waals surface area contributed by atoms with Crippen LogP contribution in [0.2, 0.25) is 0 Å². The molecule has 3 rings (SSSR count). The molecule has 1 nitrogen and oxygen atoms in total. The van der Waals surface area contributed by atoms with Crippen LogP contribution in [-0.2, 0) is 6.42 Å². The van der Waals surface area contributed by atoms with E-state index in [2.05, 4.69) is 18.2 Å². The zero-order valence-electron chi connectivity index (χ0n) is 17.8. The smallest absolute Gasteiger partial charge is 0.111 e. The highest BCUT2D eigenvalue weighted by molar-refractivity contribution is 5.45. The van der Waals surface area contributed by atoms with E-state index in [0.29, 0.717) is 43.9 Å². The summed E-state index contributed by atoms with van der Waals surface area (Å²) >= 11 is 0. The maximum absolute atomic E-state index is 15.3. The number of benzene rings is 1. The van der Waals surface area contributed by atoms with E-state index in [9.17, 15) is 9.65 Å². The van der Waals surface area contributed by atoms with Crippen LogP contribution in [0.4, 0.5) is 8.78 Å². The van der Waals surface area contributed by atoms with Crippen LogP contribution < -0.4 is 0 Å². The number of nitriles is 1. The number of hydrogen-bond donors (Lipinski definition) is 0. The van der Waals surface area contributed by atoms with Crippen molar-refractivity contribution in [2.24, 2.45) is 11.8 Å². The standard InChI is InChI=1S/C25H35F2N/c1-18-15-20(16-19(2)23(18)17-28)5-4-10-25(27)13-8-22(9-14-25)21-6-11-24(3,26)12-7-21/h15-16,21-22H,4-14H2,1-3H3. The first-order valence-corrected chi connectivity index (χ1v) is 11.1. The van der Waals surface area contributed by atoms with Crippen molar-refractivity contribution in [2.45, 2.75) is 103 Å². The van der Waals surface area contributed by atoms with Crippen LogP contribution in [0.25, 0.3) is 0 Å². The monoisotopic (exact) mass is 387 g/mol. The van der Waals surface area contributed by atoms with Crippen LogP contribution in [0.3, 0.4) is 0 Å². The number of nitrogens with zero attached hydrogens (tertiary/aromatic N) is 1. The fourth-order valence-corrected chi connectivity index (χ4v) is 5.58. The van der Waals surface area contributed by atoms with Gasteiger partial charge in [0.1, 0.15) is 11.3 Å². The van der Waals surface area contributed by atoms with E-state index < -0.39 is 11.3 Å². The minimum absolute atomic E-state index is 0.601. The Hall–Kier alpha value is -1.43. The lowest BCUT2D eigenvalue weighted by atomic mass is 9.67. The molecule has 0 saturated heterocycles. The second-order valence-electron chi connectivity index (χ2n) is 9.81. The van der Waals surface area contributed by atoms with Crippen molar-refractivity contribution in [3.8, 4) is 6.07 Å². The van der Waals surface area contributed by atoms with Crippen molar-refractivity contribution in [1.82, 2.24) is 0 Å². The Balaban J connectivity index is 1.46. The Morgan fingerprint density at radius 2 is 1.46 bits per heavy atom. The van der Waals surface area contributed by atoms with Gasteiger partial charge in [-0.15, -0.1) is 0 Å². The van der Waals surface area contributed by atoms with E-state index in [4.69, 9.17) is 0 Å². The topological polar surface area (TPSA) is 23.8 Å². The first kappa shape index (κ1) is 21.3. The Kier molecular flexibility index (Phi) is 6.47. The van der Waals surface area contributed by atoms with E-state index in [-0.39, 0.29) is 0 Å².